The van der Waals surface area contributed by atoms with Gasteiger partial charge in [0.1, 0.15) is 6.04 Å². The van der Waals surface area contributed by atoms with Gasteiger partial charge in [-0.2, -0.15) is 0 Å². The highest BCUT2D eigenvalue weighted by atomic mass is 16.2. The van der Waals surface area contributed by atoms with Crippen molar-refractivity contribution < 1.29 is 9.59 Å². The van der Waals surface area contributed by atoms with Gasteiger partial charge in [0, 0.05) is 44.1 Å². The van der Waals surface area contributed by atoms with Crippen LogP contribution in [0.2, 0.25) is 0 Å². The Morgan fingerprint density at radius 1 is 1.18 bits per heavy atom. The molecule has 2 heterocycles. The molecular weight excluding hydrogens is 350 g/mol. The van der Waals surface area contributed by atoms with Crippen LogP contribution in [0.25, 0.3) is 0 Å². The third-order valence-corrected chi connectivity index (χ3v) is 6.93. The maximum absolute atomic E-state index is 12.6. The van der Waals surface area contributed by atoms with Gasteiger partial charge in [-0.25, -0.2) is 0 Å². The van der Waals surface area contributed by atoms with Gasteiger partial charge < -0.3 is 15.1 Å². The number of piperidine rings is 1. The number of benzene rings is 1. The van der Waals surface area contributed by atoms with Gasteiger partial charge in [0.25, 0.3) is 0 Å². The fourth-order valence-electron chi connectivity index (χ4n) is 4.80. The number of likely N-dealkylation sites (tertiary alicyclic amines) is 2. The van der Waals surface area contributed by atoms with E-state index in [1.54, 1.807) is 4.90 Å². The fourth-order valence-corrected chi connectivity index (χ4v) is 4.80. The molecule has 1 aromatic rings. The molecule has 2 aliphatic heterocycles. The van der Waals surface area contributed by atoms with Gasteiger partial charge in [0.15, 0.2) is 0 Å². The van der Waals surface area contributed by atoms with Gasteiger partial charge >= 0.3 is 0 Å². The van der Waals surface area contributed by atoms with E-state index in [9.17, 15) is 9.59 Å². The lowest BCUT2D eigenvalue weighted by Crippen LogP contribution is -2.52. The van der Waals surface area contributed by atoms with Crippen molar-refractivity contribution >= 4 is 11.8 Å². The molecule has 1 saturated carbocycles. The molecule has 5 heteroatoms. The number of nitrogens with zero attached hydrogens (tertiary/aromatic N) is 2. The number of hydrogen-bond acceptors (Lipinski definition) is 3. The first kappa shape index (κ1) is 19.4. The second-order valence-corrected chi connectivity index (χ2v) is 9.07. The molecule has 152 valence electrons. The molecule has 1 aliphatic carbocycles. The van der Waals surface area contributed by atoms with Crippen molar-refractivity contribution in [3.8, 4) is 0 Å². The molecular formula is C23H33N3O2. The van der Waals surface area contributed by atoms with Crippen molar-refractivity contribution in [1.82, 2.24) is 15.1 Å². The van der Waals surface area contributed by atoms with E-state index in [0.717, 1.165) is 38.9 Å². The number of nitrogens with one attached hydrogen (secondary N) is 1. The molecule has 4 rings (SSSR count). The molecule has 5 nitrogen and oxygen atoms in total. The Balaban J connectivity index is 1.25. The Hall–Kier alpha value is -1.88. The lowest BCUT2D eigenvalue weighted by molar-refractivity contribution is -0.137. The highest BCUT2D eigenvalue weighted by Crippen LogP contribution is 2.49. The Bertz CT molecular complexity index is 718. The number of carbonyl (C=O) groups is 2. The fraction of sp³-hybridized carbons (Fsp3) is 0.652. The Morgan fingerprint density at radius 2 is 1.86 bits per heavy atom. The standard InChI is InChI=1S/C23H33N3O2/c1-17-5-7-19(8-6-17)23(11-12-23)16-25-14-9-20(10-15-25)24-22(28)18(2)26-13-3-4-21(26)27/h5-8,18,20H,3-4,9-16H2,1-2H3,(H,24,28). The van der Waals surface area contributed by atoms with E-state index in [0.29, 0.717) is 18.4 Å². The van der Waals surface area contributed by atoms with Crippen molar-refractivity contribution in [1.29, 1.82) is 0 Å². The molecule has 2 saturated heterocycles. The predicted molar refractivity (Wildman–Crippen MR) is 110 cm³/mol. The summed E-state index contributed by atoms with van der Waals surface area (Å²) in [7, 11) is 0. The second kappa shape index (κ2) is 7.86. The SMILES string of the molecule is Cc1ccc(C2(CN3CCC(NC(=O)C(C)N4CCCC4=O)CC3)CC2)cc1. The molecule has 0 spiro atoms. The minimum absolute atomic E-state index is 0.00650. The molecule has 1 aromatic carbocycles. The highest BCUT2D eigenvalue weighted by molar-refractivity contribution is 5.88. The molecule has 0 bridgehead atoms. The first-order chi connectivity index (χ1) is 13.5. The quantitative estimate of drug-likeness (QED) is 0.822. The van der Waals surface area contributed by atoms with Crippen LogP contribution < -0.4 is 5.32 Å². The van der Waals surface area contributed by atoms with Crippen LogP contribution in [0.5, 0.6) is 0 Å². The predicted octanol–water partition coefficient (Wildman–Crippen LogP) is 2.62. The molecule has 0 aromatic heterocycles. The highest BCUT2D eigenvalue weighted by Gasteiger charge is 2.45. The van der Waals surface area contributed by atoms with Crippen LogP contribution in [0.15, 0.2) is 24.3 Å². The molecule has 1 unspecified atom stereocenters. The molecule has 2 amide bonds. The summed E-state index contributed by atoms with van der Waals surface area (Å²) in [5, 5.41) is 3.19. The van der Waals surface area contributed by atoms with E-state index < -0.39 is 0 Å². The van der Waals surface area contributed by atoms with Gasteiger partial charge in [-0.1, -0.05) is 29.8 Å². The maximum Gasteiger partial charge on any atom is 0.242 e. The average Bonchev–Trinajstić information content (AvgIpc) is 3.34. The summed E-state index contributed by atoms with van der Waals surface area (Å²) in [5.74, 6) is 0.121. The number of aryl methyl sites for hydroxylation is 1. The van der Waals surface area contributed by atoms with Crippen molar-refractivity contribution in [3.05, 3.63) is 35.4 Å². The van der Waals surface area contributed by atoms with Crippen molar-refractivity contribution in [2.75, 3.05) is 26.2 Å². The van der Waals surface area contributed by atoms with Gasteiger partial charge in [-0.15, -0.1) is 0 Å². The monoisotopic (exact) mass is 383 g/mol. The Kier molecular flexibility index (Phi) is 5.46. The van der Waals surface area contributed by atoms with E-state index >= 15 is 0 Å². The third-order valence-electron chi connectivity index (χ3n) is 6.93. The Labute approximate surface area is 168 Å². The van der Waals surface area contributed by atoms with E-state index in [1.807, 2.05) is 6.92 Å². The summed E-state index contributed by atoms with van der Waals surface area (Å²) in [6.45, 7) is 7.92. The summed E-state index contributed by atoms with van der Waals surface area (Å²) in [6, 6.07) is 8.95. The number of amides is 2. The smallest absolute Gasteiger partial charge is 0.242 e. The van der Waals surface area contributed by atoms with Crippen LogP contribution in [-0.4, -0.2) is 59.9 Å². The first-order valence-electron chi connectivity index (χ1n) is 10.9. The largest absolute Gasteiger partial charge is 0.351 e. The molecule has 0 radical (unpaired) electrons. The number of carbonyl (C=O) groups excluding carboxylic acids is 2. The molecule has 1 atom stereocenters. The average molecular weight is 384 g/mol. The van der Waals surface area contributed by atoms with Crippen LogP contribution in [0.1, 0.15) is 56.6 Å². The van der Waals surface area contributed by atoms with Crippen LogP contribution >= 0.6 is 0 Å². The number of hydrogen-bond donors (Lipinski definition) is 1. The van der Waals surface area contributed by atoms with Gasteiger partial charge in [0.05, 0.1) is 0 Å². The second-order valence-electron chi connectivity index (χ2n) is 9.07. The number of rotatable bonds is 6. The van der Waals surface area contributed by atoms with Crippen LogP contribution in [-0.2, 0) is 15.0 Å². The summed E-state index contributed by atoms with van der Waals surface area (Å²) in [5.41, 5.74) is 3.16. The van der Waals surface area contributed by atoms with Crippen molar-refractivity contribution in [3.63, 3.8) is 0 Å². The van der Waals surface area contributed by atoms with Gasteiger partial charge in [-0.3, -0.25) is 9.59 Å². The topological polar surface area (TPSA) is 52.7 Å². The zero-order chi connectivity index (χ0) is 19.7. The van der Waals surface area contributed by atoms with Gasteiger partial charge in [0.2, 0.25) is 11.8 Å². The third kappa shape index (κ3) is 4.09. The minimum Gasteiger partial charge on any atom is -0.351 e. The summed E-state index contributed by atoms with van der Waals surface area (Å²) in [4.78, 5) is 28.7. The van der Waals surface area contributed by atoms with E-state index in [4.69, 9.17) is 0 Å². The summed E-state index contributed by atoms with van der Waals surface area (Å²) >= 11 is 0. The van der Waals surface area contributed by atoms with Crippen LogP contribution in [0.4, 0.5) is 0 Å². The summed E-state index contributed by atoms with van der Waals surface area (Å²) in [6.07, 6.45) is 6.02. The van der Waals surface area contributed by atoms with Crippen molar-refractivity contribution in [2.24, 2.45) is 0 Å². The normalized spacial score (nSPS) is 23.6. The molecule has 28 heavy (non-hydrogen) atoms. The van der Waals surface area contributed by atoms with Crippen LogP contribution in [0, 0.1) is 6.92 Å². The lowest BCUT2D eigenvalue weighted by atomic mass is 9.93. The van der Waals surface area contributed by atoms with E-state index in [-0.39, 0.29) is 23.9 Å². The molecule has 3 fully saturated rings. The van der Waals surface area contributed by atoms with E-state index in [2.05, 4.69) is 41.4 Å². The summed E-state index contributed by atoms with van der Waals surface area (Å²) < 4.78 is 0. The minimum atomic E-state index is -0.343. The lowest BCUT2D eigenvalue weighted by Gasteiger charge is -2.35. The maximum atomic E-state index is 12.6. The van der Waals surface area contributed by atoms with Gasteiger partial charge in [-0.05, 0) is 51.5 Å². The van der Waals surface area contributed by atoms with E-state index in [1.165, 1.54) is 24.0 Å². The zero-order valence-electron chi connectivity index (χ0n) is 17.2. The first-order valence-corrected chi connectivity index (χ1v) is 10.9. The Morgan fingerprint density at radius 3 is 2.43 bits per heavy atom. The van der Waals surface area contributed by atoms with Crippen LogP contribution in [0.3, 0.4) is 0 Å². The zero-order valence-corrected chi connectivity index (χ0v) is 17.2. The van der Waals surface area contributed by atoms with Crippen molar-refractivity contribution in [2.45, 2.75) is 69.9 Å². The molecule has 3 aliphatic rings. The molecule has 1 N–H and O–H groups in total.